The zero-order chi connectivity index (χ0) is 9.97. The molecule has 0 fully saturated rings. The van der Waals surface area contributed by atoms with Gasteiger partial charge in [0.15, 0.2) is 0 Å². The number of nitrogens with zero attached hydrogens (tertiary/aromatic N) is 2. The molecule has 2 rings (SSSR count). The highest BCUT2D eigenvalue weighted by molar-refractivity contribution is 5.09. The molecule has 14 heavy (non-hydrogen) atoms. The number of aryl methyl sites for hydroxylation is 2. The number of hydrogen-bond acceptors (Lipinski definition) is 3. The van der Waals surface area contributed by atoms with Crippen molar-refractivity contribution in [3.63, 3.8) is 0 Å². The van der Waals surface area contributed by atoms with Gasteiger partial charge in [-0.25, -0.2) is 4.98 Å². The summed E-state index contributed by atoms with van der Waals surface area (Å²) in [6.45, 7) is 0.220. The maximum atomic E-state index is 8.77. The molecule has 0 spiro atoms. The average Bonchev–Trinajstić information content (AvgIpc) is 2.59. The minimum atomic E-state index is 0.0925. The second-order valence-electron chi connectivity index (χ2n) is 3.82. The fraction of sp³-hybridized carbons (Fsp3) is 0.700. The summed E-state index contributed by atoms with van der Waals surface area (Å²) in [5, 5.41) is 8.77. The molecule has 2 heterocycles. The lowest BCUT2D eigenvalue weighted by Gasteiger charge is -2.23. The Bertz CT molecular complexity index is 308. The van der Waals surface area contributed by atoms with Crippen molar-refractivity contribution in [3.8, 4) is 0 Å². The molecule has 0 amide bonds. The number of imidazole rings is 1. The summed E-state index contributed by atoms with van der Waals surface area (Å²) in [5.74, 6) is 1.03. The summed E-state index contributed by atoms with van der Waals surface area (Å²) in [6, 6.07) is 0. The molecule has 4 heteroatoms. The molecule has 1 atom stereocenters. The molecule has 1 aliphatic heterocycles. The second kappa shape index (κ2) is 4.11. The van der Waals surface area contributed by atoms with Gasteiger partial charge in [0.25, 0.3) is 0 Å². The fourth-order valence-electron chi connectivity index (χ4n) is 2.07. The third-order valence-corrected chi connectivity index (χ3v) is 2.77. The quantitative estimate of drug-likeness (QED) is 0.742. The van der Waals surface area contributed by atoms with Crippen LogP contribution in [0.5, 0.6) is 0 Å². The summed E-state index contributed by atoms with van der Waals surface area (Å²) < 4.78 is 2.14. The average molecular weight is 195 g/mol. The Hall–Kier alpha value is -0.870. The summed E-state index contributed by atoms with van der Waals surface area (Å²) >= 11 is 0. The van der Waals surface area contributed by atoms with E-state index >= 15 is 0 Å². The van der Waals surface area contributed by atoms with Crippen molar-refractivity contribution in [2.75, 3.05) is 6.61 Å². The van der Waals surface area contributed by atoms with Gasteiger partial charge in [-0.3, -0.25) is 0 Å². The maximum Gasteiger partial charge on any atom is 0.110 e. The van der Waals surface area contributed by atoms with Crippen molar-refractivity contribution in [1.29, 1.82) is 0 Å². The Balaban J connectivity index is 2.20. The minimum absolute atomic E-state index is 0.0925. The van der Waals surface area contributed by atoms with E-state index in [4.69, 9.17) is 10.8 Å². The van der Waals surface area contributed by atoms with Gasteiger partial charge in [0.05, 0.1) is 6.17 Å². The van der Waals surface area contributed by atoms with Crippen LogP contribution in [0, 0.1) is 0 Å². The number of aliphatic hydroxyl groups excluding tert-OH is 1. The Kier molecular flexibility index (Phi) is 2.84. The second-order valence-corrected chi connectivity index (χ2v) is 3.82. The molecular weight excluding hydrogens is 178 g/mol. The van der Waals surface area contributed by atoms with E-state index in [9.17, 15) is 0 Å². The Morgan fingerprint density at radius 1 is 1.64 bits per heavy atom. The van der Waals surface area contributed by atoms with Gasteiger partial charge in [0.2, 0.25) is 0 Å². The molecule has 0 radical (unpaired) electrons. The van der Waals surface area contributed by atoms with Crippen LogP contribution in [0.2, 0.25) is 0 Å². The first-order chi connectivity index (χ1) is 6.83. The minimum Gasteiger partial charge on any atom is -0.396 e. The molecular formula is C10H17N3O. The third-order valence-electron chi connectivity index (χ3n) is 2.77. The predicted octanol–water partition coefficient (Wildman–Crippen LogP) is 0.602. The van der Waals surface area contributed by atoms with Crippen LogP contribution in [-0.2, 0) is 12.8 Å². The normalized spacial score (nSPS) is 20.9. The number of aliphatic hydroxyl groups is 1. The lowest BCUT2D eigenvalue weighted by atomic mass is 10.1. The Morgan fingerprint density at radius 2 is 2.50 bits per heavy atom. The zero-order valence-corrected chi connectivity index (χ0v) is 8.32. The number of hydrogen-bond donors (Lipinski definition) is 2. The molecule has 0 bridgehead atoms. The van der Waals surface area contributed by atoms with Gasteiger partial charge >= 0.3 is 0 Å². The van der Waals surface area contributed by atoms with Gasteiger partial charge in [-0.1, -0.05) is 0 Å². The van der Waals surface area contributed by atoms with E-state index in [2.05, 4.69) is 9.55 Å². The van der Waals surface area contributed by atoms with Gasteiger partial charge in [-0.15, -0.1) is 0 Å². The largest absolute Gasteiger partial charge is 0.396 e. The third kappa shape index (κ3) is 1.67. The summed E-state index contributed by atoms with van der Waals surface area (Å²) in [6.07, 6.45) is 6.88. The molecule has 0 aliphatic carbocycles. The van der Waals surface area contributed by atoms with E-state index in [0.717, 1.165) is 37.9 Å². The highest BCUT2D eigenvalue weighted by Crippen LogP contribution is 2.23. The molecule has 4 nitrogen and oxygen atoms in total. The zero-order valence-electron chi connectivity index (χ0n) is 8.32. The monoisotopic (exact) mass is 195 g/mol. The first kappa shape index (κ1) is 9.68. The Morgan fingerprint density at radius 3 is 3.29 bits per heavy atom. The highest BCUT2D eigenvalue weighted by Gasteiger charge is 2.19. The van der Waals surface area contributed by atoms with E-state index in [1.54, 1.807) is 0 Å². The molecule has 1 aliphatic rings. The van der Waals surface area contributed by atoms with Crippen molar-refractivity contribution in [1.82, 2.24) is 9.55 Å². The van der Waals surface area contributed by atoms with Crippen LogP contribution in [0.4, 0.5) is 0 Å². The van der Waals surface area contributed by atoms with Crippen LogP contribution < -0.4 is 5.73 Å². The summed E-state index contributed by atoms with van der Waals surface area (Å²) in [4.78, 5) is 4.36. The van der Waals surface area contributed by atoms with Crippen molar-refractivity contribution in [2.24, 2.45) is 5.73 Å². The van der Waals surface area contributed by atoms with E-state index in [1.807, 2.05) is 6.20 Å². The first-order valence-electron chi connectivity index (χ1n) is 5.24. The lowest BCUT2D eigenvalue weighted by Crippen LogP contribution is -2.26. The van der Waals surface area contributed by atoms with Crippen molar-refractivity contribution < 1.29 is 5.11 Å². The van der Waals surface area contributed by atoms with Crippen LogP contribution in [0.25, 0.3) is 0 Å². The molecule has 78 valence electrons. The van der Waals surface area contributed by atoms with E-state index < -0.39 is 0 Å². The smallest absolute Gasteiger partial charge is 0.110 e. The van der Waals surface area contributed by atoms with Gasteiger partial charge in [0.1, 0.15) is 5.82 Å². The Labute approximate surface area is 83.8 Å². The molecule has 1 unspecified atom stereocenters. The molecule has 1 aromatic rings. The van der Waals surface area contributed by atoms with Gasteiger partial charge in [-0.2, -0.15) is 0 Å². The van der Waals surface area contributed by atoms with E-state index in [1.165, 1.54) is 5.69 Å². The van der Waals surface area contributed by atoms with Gasteiger partial charge < -0.3 is 15.4 Å². The van der Waals surface area contributed by atoms with Crippen molar-refractivity contribution >= 4 is 0 Å². The maximum absolute atomic E-state index is 8.77. The van der Waals surface area contributed by atoms with Crippen LogP contribution in [0.1, 0.15) is 36.9 Å². The number of rotatable bonds is 3. The predicted molar refractivity (Wildman–Crippen MR) is 53.8 cm³/mol. The van der Waals surface area contributed by atoms with E-state index in [-0.39, 0.29) is 12.8 Å². The lowest BCUT2D eigenvalue weighted by molar-refractivity contribution is 0.285. The van der Waals surface area contributed by atoms with Crippen LogP contribution in [0.15, 0.2) is 6.20 Å². The highest BCUT2D eigenvalue weighted by atomic mass is 16.2. The standard InChI is InChI=1S/C10H17N3O/c11-9-4-1-3-8-7-12-10(13(8)9)5-2-6-14/h7,9,14H,1-6,11H2. The van der Waals surface area contributed by atoms with Crippen LogP contribution >= 0.6 is 0 Å². The van der Waals surface area contributed by atoms with Crippen molar-refractivity contribution in [2.45, 2.75) is 38.3 Å². The topological polar surface area (TPSA) is 64.1 Å². The van der Waals surface area contributed by atoms with Crippen molar-refractivity contribution in [3.05, 3.63) is 17.7 Å². The fourth-order valence-corrected chi connectivity index (χ4v) is 2.07. The number of fused-ring (bicyclic) bond motifs is 1. The molecule has 0 aromatic carbocycles. The molecule has 3 N–H and O–H groups in total. The van der Waals surface area contributed by atoms with Crippen LogP contribution in [0.3, 0.4) is 0 Å². The van der Waals surface area contributed by atoms with Gasteiger partial charge in [0, 0.05) is 24.9 Å². The van der Waals surface area contributed by atoms with Crippen LogP contribution in [-0.4, -0.2) is 21.3 Å². The number of aromatic nitrogens is 2. The molecule has 0 saturated carbocycles. The number of nitrogens with two attached hydrogens (primary N) is 1. The summed E-state index contributed by atoms with van der Waals surface area (Å²) in [7, 11) is 0. The van der Waals surface area contributed by atoms with E-state index in [0.29, 0.717) is 0 Å². The summed E-state index contributed by atoms with van der Waals surface area (Å²) in [5.41, 5.74) is 7.27. The SMILES string of the molecule is NC1CCCc2cnc(CCCO)n21. The molecule has 0 saturated heterocycles. The van der Waals surface area contributed by atoms with Gasteiger partial charge in [-0.05, 0) is 25.7 Å². The first-order valence-corrected chi connectivity index (χ1v) is 5.24. The molecule has 1 aromatic heterocycles.